The van der Waals surface area contributed by atoms with Crippen molar-refractivity contribution in [2.45, 2.75) is 17.9 Å². The van der Waals surface area contributed by atoms with Crippen LogP contribution in [0.5, 0.6) is 17.2 Å². The monoisotopic (exact) mass is 463 g/mol. The van der Waals surface area contributed by atoms with Crippen molar-refractivity contribution in [1.29, 1.82) is 0 Å². The molecule has 3 aromatic carbocycles. The van der Waals surface area contributed by atoms with Crippen molar-refractivity contribution < 1.29 is 17.9 Å². The Morgan fingerprint density at radius 2 is 1.73 bits per heavy atom. The minimum absolute atomic E-state index is 0.229. The fourth-order valence-electron chi connectivity index (χ4n) is 4.29. The van der Waals surface area contributed by atoms with Crippen molar-refractivity contribution in [3.63, 3.8) is 0 Å². The summed E-state index contributed by atoms with van der Waals surface area (Å²) in [5.41, 5.74) is 1.58. The van der Waals surface area contributed by atoms with Gasteiger partial charge in [0, 0.05) is 31.7 Å². The lowest BCUT2D eigenvalue weighted by Gasteiger charge is -2.40. The Hall–Kier alpha value is -3.36. The second kappa shape index (κ2) is 8.53. The number of para-hydroxylation sites is 2. The predicted molar refractivity (Wildman–Crippen MR) is 127 cm³/mol. The number of methoxy groups -OCH3 is 1. The Morgan fingerprint density at radius 3 is 2.48 bits per heavy atom. The van der Waals surface area contributed by atoms with E-state index in [0.717, 1.165) is 17.1 Å². The molecule has 2 aliphatic rings. The minimum Gasteiger partial charge on any atom is -0.497 e. The van der Waals surface area contributed by atoms with Crippen molar-refractivity contribution in [2.75, 3.05) is 26.7 Å². The van der Waals surface area contributed by atoms with Crippen LogP contribution in [0.25, 0.3) is 0 Å². The van der Waals surface area contributed by atoms with Gasteiger partial charge in [0.1, 0.15) is 23.0 Å². The molecule has 0 amide bonds. The van der Waals surface area contributed by atoms with Crippen LogP contribution >= 0.6 is 0 Å². The number of ether oxygens (including phenoxy) is 2. The van der Waals surface area contributed by atoms with Crippen molar-refractivity contribution in [2.24, 2.45) is 4.99 Å². The Balaban J connectivity index is 1.49. The summed E-state index contributed by atoms with van der Waals surface area (Å²) in [6.07, 6.45) is 0. The van der Waals surface area contributed by atoms with Crippen molar-refractivity contribution in [3.8, 4) is 17.2 Å². The van der Waals surface area contributed by atoms with Crippen LogP contribution in [-0.2, 0) is 10.0 Å². The van der Waals surface area contributed by atoms with Crippen molar-refractivity contribution in [3.05, 3.63) is 78.4 Å². The average molecular weight is 464 g/mol. The second-order valence-electron chi connectivity index (χ2n) is 8.09. The molecule has 1 fully saturated rings. The van der Waals surface area contributed by atoms with E-state index < -0.39 is 10.0 Å². The summed E-state index contributed by atoms with van der Waals surface area (Å²) in [4.78, 5) is 7.40. The molecule has 2 aliphatic heterocycles. The molecule has 5 rings (SSSR count). The fraction of sp³-hybridized carbons (Fsp3) is 0.240. The van der Waals surface area contributed by atoms with Gasteiger partial charge in [-0.3, -0.25) is 0 Å². The van der Waals surface area contributed by atoms with E-state index >= 15 is 0 Å². The van der Waals surface area contributed by atoms with Gasteiger partial charge >= 0.3 is 0 Å². The quantitative estimate of drug-likeness (QED) is 0.580. The van der Waals surface area contributed by atoms with Crippen LogP contribution in [0.15, 0.2) is 82.7 Å². The number of fused-ring (bicyclic) bond motifs is 2. The summed E-state index contributed by atoms with van der Waals surface area (Å²) >= 11 is 0. The summed E-state index contributed by atoms with van der Waals surface area (Å²) < 4.78 is 39.6. The van der Waals surface area contributed by atoms with Crippen LogP contribution in [0.1, 0.15) is 12.5 Å². The van der Waals surface area contributed by atoms with Gasteiger partial charge in [-0.2, -0.15) is 4.31 Å². The maximum Gasteiger partial charge on any atom is 0.243 e. The molecule has 0 radical (unpaired) electrons. The summed E-state index contributed by atoms with van der Waals surface area (Å²) in [6, 6.07) is 21.7. The van der Waals surface area contributed by atoms with E-state index in [1.54, 1.807) is 35.7 Å². The number of nitrogens with zero attached hydrogens (tertiary/aromatic N) is 3. The molecule has 0 unspecified atom stereocenters. The van der Waals surface area contributed by atoms with Gasteiger partial charge in [0.25, 0.3) is 0 Å². The number of hydrogen-bond donors (Lipinski definition) is 0. The lowest BCUT2D eigenvalue weighted by Crippen LogP contribution is -2.55. The topological polar surface area (TPSA) is 71.4 Å². The zero-order chi connectivity index (χ0) is 23.0. The number of amidine groups is 1. The van der Waals surface area contributed by atoms with Crippen molar-refractivity contribution >= 4 is 21.5 Å². The molecule has 0 N–H and O–H groups in total. The molecule has 8 heteroatoms. The molecule has 1 atom stereocenters. The highest BCUT2D eigenvalue weighted by molar-refractivity contribution is 7.89. The first-order valence-corrected chi connectivity index (χ1v) is 12.3. The predicted octanol–water partition coefficient (Wildman–Crippen LogP) is 4.27. The molecule has 3 aromatic rings. The van der Waals surface area contributed by atoms with Gasteiger partial charge in [0.2, 0.25) is 10.0 Å². The SMILES string of the molecule is COc1ccc2c(c1)Oc1ccccc1N=C2N1CCN(S(=O)(=O)c2ccccc2)[C@@H](C)C1. The molecular formula is C25H25N3O4S. The highest BCUT2D eigenvalue weighted by atomic mass is 32.2. The minimum atomic E-state index is -3.57. The first-order chi connectivity index (χ1) is 16.0. The van der Waals surface area contributed by atoms with Crippen LogP contribution in [0.2, 0.25) is 0 Å². The normalized spacial score (nSPS) is 18.4. The van der Waals surface area contributed by atoms with Gasteiger partial charge in [-0.15, -0.1) is 0 Å². The third-order valence-corrected chi connectivity index (χ3v) is 7.98. The third kappa shape index (κ3) is 3.96. The Kier molecular flexibility index (Phi) is 5.55. The Bertz CT molecular complexity index is 1310. The molecule has 170 valence electrons. The highest BCUT2D eigenvalue weighted by Crippen LogP contribution is 2.39. The van der Waals surface area contributed by atoms with E-state index in [2.05, 4.69) is 4.90 Å². The second-order valence-corrected chi connectivity index (χ2v) is 9.98. The molecule has 0 bridgehead atoms. The van der Waals surface area contributed by atoms with Gasteiger partial charge < -0.3 is 14.4 Å². The largest absolute Gasteiger partial charge is 0.497 e. The van der Waals surface area contributed by atoms with E-state index in [0.29, 0.717) is 41.8 Å². The van der Waals surface area contributed by atoms with Crippen LogP contribution in [0, 0.1) is 0 Å². The number of benzene rings is 3. The third-order valence-electron chi connectivity index (χ3n) is 5.96. The molecule has 0 spiro atoms. The average Bonchev–Trinajstić information content (AvgIpc) is 3.00. The van der Waals surface area contributed by atoms with Gasteiger partial charge in [0.05, 0.1) is 17.6 Å². The lowest BCUT2D eigenvalue weighted by atomic mass is 10.1. The van der Waals surface area contributed by atoms with Crippen LogP contribution in [0.4, 0.5) is 5.69 Å². The van der Waals surface area contributed by atoms with Gasteiger partial charge in [-0.25, -0.2) is 13.4 Å². The maximum absolute atomic E-state index is 13.2. The van der Waals surface area contributed by atoms with E-state index in [4.69, 9.17) is 14.5 Å². The summed E-state index contributed by atoms with van der Waals surface area (Å²) in [5.74, 6) is 2.78. The van der Waals surface area contributed by atoms with Crippen LogP contribution in [-0.4, -0.2) is 56.2 Å². The Morgan fingerprint density at radius 1 is 0.970 bits per heavy atom. The first-order valence-electron chi connectivity index (χ1n) is 10.8. The van der Waals surface area contributed by atoms with E-state index in [9.17, 15) is 8.42 Å². The van der Waals surface area contributed by atoms with E-state index in [1.165, 1.54) is 0 Å². The smallest absolute Gasteiger partial charge is 0.243 e. The highest BCUT2D eigenvalue weighted by Gasteiger charge is 2.36. The summed E-state index contributed by atoms with van der Waals surface area (Å²) in [5, 5.41) is 0. The van der Waals surface area contributed by atoms with Crippen molar-refractivity contribution in [1.82, 2.24) is 9.21 Å². The lowest BCUT2D eigenvalue weighted by molar-refractivity contribution is 0.205. The van der Waals surface area contributed by atoms with Gasteiger partial charge in [-0.05, 0) is 43.3 Å². The van der Waals surface area contributed by atoms with Gasteiger partial charge in [-0.1, -0.05) is 30.3 Å². The van der Waals surface area contributed by atoms with Crippen LogP contribution in [0.3, 0.4) is 0 Å². The van der Waals surface area contributed by atoms with E-state index in [-0.39, 0.29) is 6.04 Å². The molecule has 0 aromatic heterocycles. The molecular weight excluding hydrogens is 438 g/mol. The zero-order valence-corrected chi connectivity index (χ0v) is 19.3. The summed E-state index contributed by atoms with van der Waals surface area (Å²) in [6.45, 7) is 3.33. The van der Waals surface area contributed by atoms with E-state index in [1.807, 2.05) is 55.5 Å². The number of sulfonamides is 1. The molecule has 1 saturated heterocycles. The number of hydrogen-bond acceptors (Lipinski definition) is 6. The Labute approximate surface area is 193 Å². The molecule has 0 saturated carbocycles. The fourth-order valence-corrected chi connectivity index (χ4v) is 5.92. The first kappa shape index (κ1) is 21.5. The molecule has 0 aliphatic carbocycles. The molecule has 7 nitrogen and oxygen atoms in total. The number of piperazine rings is 1. The standard InChI is InChI=1S/C25H25N3O4S/c1-18-17-27(14-15-28(18)33(29,30)20-8-4-3-5-9-20)25-21-13-12-19(31-2)16-24(21)32-23-11-7-6-10-22(23)26-25/h3-13,16,18H,14-15,17H2,1-2H3/t18-/m0/s1. The summed E-state index contributed by atoms with van der Waals surface area (Å²) in [7, 11) is -1.94. The number of rotatable bonds is 3. The van der Waals surface area contributed by atoms with Crippen LogP contribution < -0.4 is 9.47 Å². The molecule has 33 heavy (non-hydrogen) atoms. The zero-order valence-electron chi connectivity index (χ0n) is 18.5. The number of aliphatic imine (C=N–C) groups is 1. The van der Waals surface area contributed by atoms with Gasteiger partial charge in [0.15, 0.2) is 5.75 Å². The molecule has 2 heterocycles. The maximum atomic E-state index is 13.2.